The number of amides is 1. The Morgan fingerprint density at radius 3 is 3.00 bits per heavy atom. The SMILES string of the molecule is C[C@H](O)CN1CCN(CC(=O)NCCc2ccsc2)C[C@@H]1C. The minimum atomic E-state index is -0.297. The van der Waals surface area contributed by atoms with Gasteiger partial charge in [-0.25, -0.2) is 0 Å². The normalized spacial score (nSPS) is 21.7. The third-order valence-corrected chi connectivity index (χ3v) is 4.76. The number of carbonyl (C=O) groups excluding carboxylic acids is 1. The molecule has 1 aliphatic heterocycles. The first-order chi connectivity index (χ1) is 10.5. The van der Waals surface area contributed by atoms with Crippen molar-refractivity contribution in [2.75, 3.05) is 39.3 Å². The lowest BCUT2D eigenvalue weighted by molar-refractivity contribution is -0.123. The van der Waals surface area contributed by atoms with E-state index in [1.807, 2.05) is 6.92 Å². The van der Waals surface area contributed by atoms with Crippen molar-refractivity contribution in [1.82, 2.24) is 15.1 Å². The molecule has 2 rings (SSSR count). The summed E-state index contributed by atoms with van der Waals surface area (Å²) in [6.07, 6.45) is 0.600. The van der Waals surface area contributed by atoms with E-state index in [0.29, 0.717) is 25.7 Å². The fraction of sp³-hybridized carbons (Fsp3) is 0.688. The maximum absolute atomic E-state index is 12.0. The quantitative estimate of drug-likeness (QED) is 0.778. The number of piperazine rings is 1. The fourth-order valence-electron chi connectivity index (χ4n) is 2.87. The van der Waals surface area contributed by atoms with E-state index in [1.54, 1.807) is 11.3 Å². The van der Waals surface area contributed by atoms with E-state index >= 15 is 0 Å². The molecule has 22 heavy (non-hydrogen) atoms. The summed E-state index contributed by atoms with van der Waals surface area (Å²) in [6.45, 7) is 8.53. The van der Waals surface area contributed by atoms with Crippen LogP contribution in [0.3, 0.4) is 0 Å². The summed E-state index contributed by atoms with van der Waals surface area (Å²) in [5.74, 6) is 0.103. The molecule has 0 aromatic carbocycles. The maximum Gasteiger partial charge on any atom is 0.234 e. The van der Waals surface area contributed by atoms with Crippen molar-refractivity contribution < 1.29 is 9.90 Å². The molecule has 1 fully saturated rings. The molecule has 124 valence electrons. The molecule has 2 heterocycles. The number of hydrogen-bond acceptors (Lipinski definition) is 5. The number of aliphatic hydroxyl groups excluding tert-OH is 1. The number of rotatable bonds is 7. The molecule has 2 atom stereocenters. The van der Waals surface area contributed by atoms with Crippen LogP contribution in [-0.2, 0) is 11.2 Å². The number of thiophene rings is 1. The average molecular weight is 325 g/mol. The Labute approximate surface area is 136 Å². The van der Waals surface area contributed by atoms with Gasteiger partial charge in [0.15, 0.2) is 0 Å². The summed E-state index contributed by atoms with van der Waals surface area (Å²) in [7, 11) is 0. The van der Waals surface area contributed by atoms with Crippen LogP contribution in [0, 0.1) is 0 Å². The number of aliphatic hydroxyl groups is 1. The molecule has 6 heteroatoms. The van der Waals surface area contributed by atoms with Crippen LogP contribution in [0.2, 0.25) is 0 Å². The van der Waals surface area contributed by atoms with Crippen LogP contribution < -0.4 is 5.32 Å². The molecule has 5 nitrogen and oxygen atoms in total. The zero-order chi connectivity index (χ0) is 15.9. The standard InChI is InChI=1S/C16H27N3O2S/c1-13-9-18(6-7-19(13)10-14(2)20)11-16(21)17-5-3-15-4-8-22-12-15/h4,8,12-14,20H,3,5-7,9-11H2,1-2H3,(H,17,21)/t13-,14-/m0/s1. The highest BCUT2D eigenvalue weighted by atomic mass is 32.1. The monoisotopic (exact) mass is 325 g/mol. The van der Waals surface area contributed by atoms with Gasteiger partial charge in [-0.1, -0.05) is 0 Å². The average Bonchev–Trinajstić information content (AvgIpc) is 2.95. The van der Waals surface area contributed by atoms with Gasteiger partial charge in [0, 0.05) is 38.8 Å². The van der Waals surface area contributed by atoms with Gasteiger partial charge in [-0.15, -0.1) is 0 Å². The molecular formula is C16H27N3O2S. The number of β-amino-alcohol motifs (C(OH)–C–C–N with tert-alkyl or cyclic N) is 1. The summed E-state index contributed by atoms with van der Waals surface area (Å²) >= 11 is 1.69. The van der Waals surface area contributed by atoms with Crippen LogP contribution in [0.4, 0.5) is 0 Å². The van der Waals surface area contributed by atoms with E-state index < -0.39 is 0 Å². The number of carbonyl (C=O) groups is 1. The Hall–Kier alpha value is -0.950. The molecular weight excluding hydrogens is 298 g/mol. The van der Waals surface area contributed by atoms with E-state index in [2.05, 4.69) is 38.9 Å². The number of nitrogens with one attached hydrogen (secondary N) is 1. The van der Waals surface area contributed by atoms with Crippen LogP contribution in [-0.4, -0.2) is 72.2 Å². The fourth-order valence-corrected chi connectivity index (χ4v) is 3.57. The molecule has 0 radical (unpaired) electrons. The van der Waals surface area contributed by atoms with Crippen molar-refractivity contribution in [2.24, 2.45) is 0 Å². The van der Waals surface area contributed by atoms with Gasteiger partial charge in [-0.3, -0.25) is 14.6 Å². The highest BCUT2D eigenvalue weighted by Gasteiger charge is 2.25. The van der Waals surface area contributed by atoms with E-state index in [4.69, 9.17) is 0 Å². The van der Waals surface area contributed by atoms with Crippen LogP contribution in [0.25, 0.3) is 0 Å². The molecule has 0 bridgehead atoms. The molecule has 0 saturated carbocycles. The maximum atomic E-state index is 12.0. The van der Waals surface area contributed by atoms with E-state index in [9.17, 15) is 9.90 Å². The van der Waals surface area contributed by atoms with Gasteiger partial charge in [-0.05, 0) is 42.7 Å². The third kappa shape index (κ3) is 5.68. The lowest BCUT2D eigenvalue weighted by Crippen LogP contribution is -2.55. The summed E-state index contributed by atoms with van der Waals surface area (Å²) < 4.78 is 0. The smallest absolute Gasteiger partial charge is 0.234 e. The highest BCUT2D eigenvalue weighted by molar-refractivity contribution is 7.07. The van der Waals surface area contributed by atoms with Crippen molar-refractivity contribution in [3.63, 3.8) is 0 Å². The molecule has 0 unspecified atom stereocenters. The molecule has 1 aliphatic rings. The minimum Gasteiger partial charge on any atom is -0.392 e. The van der Waals surface area contributed by atoms with Gasteiger partial charge in [-0.2, -0.15) is 11.3 Å². The topological polar surface area (TPSA) is 55.8 Å². The number of hydrogen-bond donors (Lipinski definition) is 2. The largest absolute Gasteiger partial charge is 0.392 e. The van der Waals surface area contributed by atoms with Crippen LogP contribution >= 0.6 is 11.3 Å². The Morgan fingerprint density at radius 1 is 1.55 bits per heavy atom. The second kappa shape index (κ2) is 8.62. The van der Waals surface area contributed by atoms with E-state index in [0.717, 1.165) is 26.1 Å². The van der Waals surface area contributed by atoms with Gasteiger partial charge >= 0.3 is 0 Å². The van der Waals surface area contributed by atoms with Crippen molar-refractivity contribution in [1.29, 1.82) is 0 Å². The Balaban J connectivity index is 1.65. The predicted molar refractivity (Wildman–Crippen MR) is 90.2 cm³/mol. The first-order valence-corrected chi connectivity index (χ1v) is 8.91. The van der Waals surface area contributed by atoms with Gasteiger partial charge in [0.25, 0.3) is 0 Å². The van der Waals surface area contributed by atoms with Gasteiger partial charge < -0.3 is 10.4 Å². The van der Waals surface area contributed by atoms with E-state index in [-0.39, 0.29) is 12.0 Å². The number of nitrogens with zero attached hydrogens (tertiary/aromatic N) is 2. The van der Waals surface area contributed by atoms with Crippen molar-refractivity contribution >= 4 is 17.2 Å². The van der Waals surface area contributed by atoms with Crippen molar-refractivity contribution in [3.8, 4) is 0 Å². The molecule has 0 spiro atoms. The lowest BCUT2D eigenvalue weighted by atomic mass is 10.1. The zero-order valence-electron chi connectivity index (χ0n) is 13.5. The van der Waals surface area contributed by atoms with Crippen LogP contribution in [0.15, 0.2) is 16.8 Å². The van der Waals surface area contributed by atoms with Gasteiger partial charge in [0.1, 0.15) is 0 Å². The molecule has 0 aliphatic carbocycles. The first kappa shape index (κ1) is 17.4. The van der Waals surface area contributed by atoms with E-state index in [1.165, 1.54) is 5.56 Å². The summed E-state index contributed by atoms with van der Waals surface area (Å²) in [5.41, 5.74) is 1.28. The van der Waals surface area contributed by atoms with Crippen molar-refractivity contribution in [3.05, 3.63) is 22.4 Å². The minimum absolute atomic E-state index is 0.103. The lowest BCUT2D eigenvalue weighted by Gasteiger charge is -2.40. The summed E-state index contributed by atoms with van der Waals surface area (Å²) in [6, 6.07) is 2.47. The van der Waals surface area contributed by atoms with Gasteiger partial charge in [0.2, 0.25) is 5.91 Å². The van der Waals surface area contributed by atoms with Crippen molar-refractivity contribution in [2.45, 2.75) is 32.4 Å². The van der Waals surface area contributed by atoms with Crippen LogP contribution in [0.5, 0.6) is 0 Å². The molecule has 1 amide bonds. The summed E-state index contributed by atoms with van der Waals surface area (Å²) in [5, 5.41) is 16.7. The Kier molecular flexibility index (Phi) is 6.82. The molecule has 1 aromatic heterocycles. The van der Waals surface area contributed by atoms with Crippen LogP contribution in [0.1, 0.15) is 19.4 Å². The summed E-state index contributed by atoms with van der Waals surface area (Å²) in [4.78, 5) is 16.5. The highest BCUT2D eigenvalue weighted by Crippen LogP contribution is 2.10. The van der Waals surface area contributed by atoms with Gasteiger partial charge in [0.05, 0.1) is 12.6 Å². The second-order valence-electron chi connectivity index (χ2n) is 6.16. The first-order valence-electron chi connectivity index (χ1n) is 7.97. The second-order valence-corrected chi connectivity index (χ2v) is 6.94. The predicted octanol–water partition coefficient (Wildman–Crippen LogP) is 0.794. The Bertz CT molecular complexity index is 450. The molecule has 2 N–H and O–H groups in total. The Morgan fingerprint density at radius 2 is 2.36 bits per heavy atom. The molecule has 1 saturated heterocycles. The molecule has 1 aromatic rings. The zero-order valence-corrected chi connectivity index (χ0v) is 14.3. The third-order valence-electron chi connectivity index (χ3n) is 4.03.